The van der Waals surface area contributed by atoms with Crippen LogP contribution in [-0.4, -0.2) is 59.2 Å². The summed E-state index contributed by atoms with van der Waals surface area (Å²) in [5, 5.41) is 34.7. The second kappa shape index (κ2) is 11.5. The number of aromatic nitrogens is 4. The molecule has 1 aromatic carbocycles. The van der Waals surface area contributed by atoms with E-state index in [0.717, 1.165) is 10.1 Å². The number of aliphatic hydroxyl groups is 2. The number of nitrogens with zero attached hydrogens (tertiary/aromatic N) is 5. The van der Waals surface area contributed by atoms with E-state index in [2.05, 4.69) is 15.1 Å². The Labute approximate surface area is 215 Å². The highest BCUT2D eigenvalue weighted by Crippen LogP contribution is 2.46. The summed E-state index contributed by atoms with van der Waals surface area (Å²) in [5.41, 5.74) is 5.71. The van der Waals surface area contributed by atoms with Crippen LogP contribution in [0.2, 0.25) is 0 Å². The number of hydrogen-bond donors (Lipinski definition) is 4. The summed E-state index contributed by atoms with van der Waals surface area (Å²) in [6.45, 7) is -0.784. The van der Waals surface area contributed by atoms with Crippen molar-refractivity contribution >= 4 is 19.5 Å². The maximum atomic E-state index is 13.6. The minimum atomic E-state index is -4.12. The summed E-state index contributed by atoms with van der Waals surface area (Å²) in [6.07, 6.45) is -3.06. The Morgan fingerprint density at radius 2 is 1.97 bits per heavy atom. The van der Waals surface area contributed by atoms with Gasteiger partial charge in [0.05, 0.1) is 13.7 Å². The molecular formula is C21H26N7O9P. The zero-order chi connectivity index (χ0) is 27.4. The summed E-state index contributed by atoms with van der Waals surface area (Å²) in [6, 6.07) is 10.3. The van der Waals surface area contributed by atoms with Gasteiger partial charge in [0.1, 0.15) is 42.6 Å². The number of nitrogens with two attached hydrogens (primary N) is 1. The maximum absolute atomic E-state index is 13.6. The van der Waals surface area contributed by atoms with Gasteiger partial charge in [0.25, 0.3) is 0 Å². The Morgan fingerprint density at radius 1 is 1.24 bits per heavy atom. The Kier molecular flexibility index (Phi) is 8.32. The maximum Gasteiger partial charge on any atom is 0.434 e. The Balaban J connectivity index is 1.47. The minimum Gasteiger partial charge on any atom is -0.390 e. The van der Waals surface area contributed by atoms with E-state index in [9.17, 15) is 29.7 Å². The molecule has 1 saturated heterocycles. The average molecular weight is 551 g/mol. The highest BCUT2D eigenvalue weighted by molar-refractivity contribution is 7.51. The largest absolute Gasteiger partial charge is 0.434 e. The summed E-state index contributed by atoms with van der Waals surface area (Å²) in [7, 11) is -2.71. The van der Waals surface area contributed by atoms with Gasteiger partial charge in [0, 0.05) is 12.7 Å². The molecule has 4 rings (SSSR count). The number of nitro groups is 1. The van der Waals surface area contributed by atoms with E-state index >= 15 is 0 Å². The monoisotopic (exact) mass is 551 g/mol. The normalized spacial score (nSPS) is 22.8. The van der Waals surface area contributed by atoms with Crippen molar-refractivity contribution in [2.45, 2.75) is 37.7 Å². The lowest BCUT2D eigenvalue weighted by atomic mass is 10.1. The first-order valence-electron chi connectivity index (χ1n) is 11.3. The lowest BCUT2D eigenvalue weighted by molar-refractivity contribution is -0.396. The van der Waals surface area contributed by atoms with Crippen molar-refractivity contribution in [3.8, 4) is 0 Å². The number of ether oxygens (including phenoxy) is 1. The minimum absolute atomic E-state index is 0.0273. The molecular weight excluding hydrogens is 525 g/mol. The molecule has 2 unspecified atom stereocenters. The second-order valence-corrected chi connectivity index (χ2v) is 10.2. The molecule has 0 saturated carbocycles. The van der Waals surface area contributed by atoms with Crippen LogP contribution in [0, 0.1) is 10.1 Å². The van der Waals surface area contributed by atoms with Crippen LogP contribution in [0.1, 0.15) is 17.5 Å². The van der Waals surface area contributed by atoms with Crippen LogP contribution < -0.4 is 16.5 Å². The number of hydrogen-bond acceptors (Lipinski definition) is 12. The van der Waals surface area contributed by atoms with Crippen LogP contribution in [0.15, 0.2) is 53.6 Å². The molecule has 1 aliphatic heterocycles. The zero-order valence-corrected chi connectivity index (χ0v) is 21.0. The third-order valence-electron chi connectivity index (χ3n) is 5.80. The van der Waals surface area contributed by atoms with Crippen molar-refractivity contribution in [3.05, 3.63) is 80.6 Å². The lowest BCUT2D eigenvalue weighted by Crippen LogP contribution is -2.36. The molecule has 16 nitrogen and oxygen atoms in total. The second-order valence-electron chi connectivity index (χ2n) is 8.34. The third-order valence-corrected chi connectivity index (χ3v) is 7.30. The van der Waals surface area contributed by atoms with E-state index in [1.54, 1.807) is 24.3 Å². The SMILES string of the molecule is Cn1c(COP(=O)(NCc2ccccc2)OC[C@H]2O[C@@H](n3ccc(N)nc3=O)C(O)[C@H]2O)cnc1[N+](=O)[O-]. The molecule has 0 spiro atoms. The number of aliphatic hydroxyl groups excluding tert-OH is 2. The van der Waals surface area contributed by atoms with Gasteiger partial charge in [0.15, 0.2) is 6.23 Å². The molecule has 0 amide bonds. The number of benzene rings is 1. The molecule has 3 heterocycles. The summed E-state index contributed by atoms with van der Waals surface area (Å²) < 4.78 is 32.4. The quantitative estimate of drug-likeness (QED) is 0.142. The van der Waals surface area contributed by atoms with Gasteiger partial charge in [-0.15, -0.1) is 0 Å². The molecule has 5 atom stereocenters. The number of rotatable bonds is 11. The Bertz CT molecular complexity index is 1380. The smallest absolute Gasteiger partial charge is 0.390 e. The average Bonchev–Trinajstić information content (AvgIpc) is 3.40. The fraction of sp³-hybridized carbons (Fsp3) is 0.381. The van der Waals surface area contributed by atoms with E-state index in [-0.39, 0.29) is 24.7 Å². The van der Waals surface area contributed by atoms with Crippen LogP contribution in [0.5, 0.6) is 0 Å². The topological polar surface area (TPSA) is 219 Å². The molecule has 2 aromatic heterocycles. The van der Waals surface area contributed by atoms with Gasteiger partial charge in [0.2, 0.25) is 0 Å². The van der Waals surface area contributed by atoms with E-state index in [0.29, 0.717) is 0 Å². The van der Waals surface area contributed by atoms with Crippen LogP contribution in [-0.2, 0) is 38.5 Å². The van der Waals surface area contributed by atoms with E-state index in [4.69, 9.17) is 19.5 Å². The van der Waals surface area contributed by atoms with Gasteiger partial charge in [-0.05, 0) is 16.6 Å². The van der Waals surface area contributed by atoms with Crippen LogP contribution in [0.25, 0.3) is 0 Å². The van der Waals surface area contributed by atoms with Gasteiger partial charge in [-0.1, -0.05) is 35.3 Å². The molecule has 0 bridgehead atoms. The first kappa shape index (κ1) is 27.5. The highest BCUT2D eigenvalue weighted by atomic mass is 31.2. The van der Waals surface area contributed by atoms with Crippen LogP contribution in [0.3, 0.4) is 0 Å². The predicted octanol–water partition coefficient (Wildman–Crippen LogP) is 0.218. The Morgan fingerprint density at radius 3 is 2.63 bits per heavy atom. The van der Waals surface area contributed by atoms with Crippen molar-refractivity contribution in [3.63, 3.8) is 0 Å². The molecule has 0 aliphatic carbocycles. The first-order valence-corrected chi connectivity index (χ1v) is 12.8. The third kappa shape index (κ3) is 6.14. The van der Waals surface area contributed by atoms with Gasteiger partial charge in [-0.2, -0.15) is 4.98 Å². The van der Waals surface area contributed by atoms with Gasteiger partial charge < -0.3 is 30.8 Å². The predicted molar refractivity (Wildman–Crippen MR) is 130 cm³/mol. The molecule has 5 N–H and O–H groups in total. The number of imidazole rings is 1. The molecule has 1 aliphatic rings. The molecule has 204 valence electrons. The standard InChI is InChI=1S/C21H26N7O9P/c1-26-14(10-23-20(26)28(32)33)11-35-38(34,24-9-13-5-3-2-4-6-13)36-12-15-17(29)18(30)19(37-15)27-8-7-16(22)25-21(27)31/h2-8,10,15,17-19,29-30H,9,11-12H2,1H3,(H,24,34)(H2,22,25,31)/t15-,17+,18?,19-,38?/m1/s1. The van der Waals surface area contributed by atoms with Gasteiger partial charge >= 0.3 is 19.4 Å². The van der Waals surface area contributed by atoms with E-state index in [1.165, 1.54) is 30.1 Å². The van der Waals surface area contributed by atoms with Crippen molar-refractivity contribution in [1.29, 1.82) is 0 Å². The number of anilines is 1. The molecule has 38 heavy (non-hydrogen) atoms. The first-order chi connectivity index (χ1) is 18.1. The highest BCUT2D eigenvalue weighted by Gasteiger charge is 2.45. The number of nitrogen functional groups attached to an aromatic ring is 1. The number of nitrogens with one attached hydrogen (secondary N) is 1. The molecule has 3 aromatic rings. The molecule has 1 fully saturated rings. The summed E-state index contributed by atoms with van der Waals surface area (Å²) in [5.74, 6) is -0.452. The van der Waals surface area contributed by atoms with E-state index in [1.807, 2.05) is 6.07 Å². The molecule has 17 heteroatoms. The zero-order valence-electron chi connectivity index (χ0n) is 20.1. The summed E-state index contributed by atoms with van der Waals surface area (Å²) in [4.78, 5) is 29.8. The molecule has 0 radical (unpaired) electrons. The van der Waals surface area contributed by atoms with Crippen molar-refractivity contribution in [1.82, 2.24) is 24.2 Å². The van der Waals surface area contributed by atoms with Gasteiger partial charge in [-0.25, -0.2) is 19.0 Å². The van der Waals surface area contributed by atoms with Gasteiger partial charge in [-0.3, -0.25) is 13.6 Å². The van der Waals surface area contributed by atoms with Crippen molar-refractivity contribution in [2.75, 3.05) is 12.3 Å². The van der Waals surface area contributed by atoms with Crippen molar-refractivity contribution < 1.29 is 33.5 Å². The fourth-order valence-corrected chi connectivity index (χ4v) is 4.97. The van der Waals surface area contributed by atoms with Crippen molar-refractivity contribution in [2.24, 2.45) is 7.05 Å². The summed E-state index contributed by atoms with van der Waals surface area (Å²) >= 11 is 0. The fourth-order valence-electron chi connectivity index (χ4n) is 3.69. The van der Waals surface area contributed by atoms with Crippen LogP contribution >= 0.6 is 7.75 Å². The van der Waals surface area contributed by atoms with E-state index < -0.39 is 55.5 Å². The lowest BCUT2D eigenvalue weighted by Gasteiger charge is -2.22. The Hall–Kier alpha value is -3.50. The van der Waals surface area contributed by atoms with Crippen LogP contribution in [0.4, 0.5) is 11.8 Å².